The lowest BCUT2D eigenvalue weighted by atomic mass is 10.1. The average molecular weight is 415 g/mol. The summed E-state index contributed by atoms with van der Waals surface area (Å²) >= 11 is 0. The second-order valence-corrected chi connectivity index (χ2v) is 7.83. The molecule has 0 aliphatic carbocycles. The molecule has 7 heteroatoms. The molecule has 0 atom stereocenters. The smallest absolute Gasteiger partial charge is 0.180 e. The molecule has 3 heterocycles. The van der Waals surface area contributed by atoms with E-state index in [9.17, 15) is 0 Å². The van der Waals surface area contributed by atoms with Crippen molar-refractivity contribution < 1.29 is 4.74 Å². The van der Waals surface area contributed by atoms with Gasteiger partial charge in [-0.2, -0.15) is 0 Å². The molecule has 4 aromatic rings. The van der Waals surface area contributed by atoms with Crippen LogP contribution in [0.5, 0.6) is 0 Å². The Labute approximate surface area is 181 Å². The van der Waals surface area contributed by atoms with E-state index in [1.807, 2.05) is 32.7 Å². The minimum Gasteiger partial charge on any atom is -0.378 e. The number of nitrogens with one attached hydrogen (secondary N) is 1. The van der Waals surface area contributed by atoms with Gasteiger partial charge in [0.15, 0.2) is 11.5 Å². The van der Waals surface area contributed by atoms with Crippen LogP contribution < -0.4 is 15.1 Å². The highest BCUT2D eigenvalue weighted by atomic mass is 16.5. The Morgan fingerprint density at radius 1 is 1.00 bits per heavy atom. The lowest BCUT2D eigenvalue weighted by Gasteiger charge is -2.28. The molecule has 0 spiro atoms. The van der Waals surface area contributed by atoms with Crippen molar-refractivity contribution in [2.24, 2.45) is 0 Å². The SMILES string of the molecule is CN(C)c1cccc(-c2cnc(Nc3ccc(N4CCOCC4)cc3)c3nccn23)c1. The second-order valence-electron chi connectivity index (χ2n) is 7.83. The molecule has 2 aromatic heterocycles. The number of hydrogen-bond acceptors (Lipinski definition) is 6. The predicted molar refractivity (Wildman–Crippen MR) is 126 cm³/mol. The molecule has 1 aliphatic rings. The van der Waals surface area contributed by atoms with Gasteiger partial charge in [0, 0.05) is 62.2 Å². The Bertz CT molecular complexity index is 1180. The normalized spacial score (nSPS) is 14.1. The maximum absolute atomic E-state index is 5.44. The van der Waals surface area contributed by atoms with Crippen molar-refractivity contribution in [3.63, 3.8) is 0 Å². The van der Waals surface area contributed by atoms with Gasteiger partial charge in [-0.3, -0.25) is 4.40 Å². The lowest BCUT2D eigenvalue weighted by molar-refractivity contribution is 0.122. The lowest BCUT2D eigenvalue weighted by Crippen LogP contribution is -2.36. The van der Waals surface area contributed by atoms with Gasteiger partial charge in [0.05, 0.1) is 25.1 Å². The summed E-state index contributed by atoms with van der Waals surface area (Å²) in [5, 5.41) is 3.43. The molecule has 0 radical (unpaired) electrons. The van der Waals surface area contributed by atoms with Gasteiger partial charge in [-0.05, 0) is 36.4 Å². The molecule has 7 nitrogen and oxygen atoms in total. The van der Waals surface area contributed by atoms with Crippen molar-refractivity contribution in [3.8, 4) is 11.3 Å². The Morgan fingerprint density at radius 2 is 1.81 bits per heavy atom. The van der Waals surface area contributed by atoms with Crippen LogP contribution in [0.15, 0.2) is 67.1 Å². The molecule has 0 bridgehead atoms. The zero-order chi connectivity index (χ0) is 21.2. The van der Waals surface area contributed by atoms with Gasteiger partial charge in [0.1, 0.15) is 0 Å². The van der Waals surface area contributed by atoms with Crippen molar-refractivity contribution in [3.05, 3.63) is 67.1 Å². The van der Waals surface area contributed by atoms with Crippen molar-refractivity contribution in [2.75, 3.05) is 55.5 Å². The fourth-order valence-electron chi connectivity index (χ4n) is 3.88. The average Bonchev–Trinajstić information content (AvgIpc) is 3.31. The highest BCUT2D eigenvalue weighted by molar-refractivity contribution is 5.75. The number of benzene rings is 2. The first-order valence-electron chi connectivity index (χ1n) is 10.5. The van der Waals surface area contributed by atoms with Gasteiger partial charge in [0.25, 0.3) is 0 Å². The van der Waals surface area contributed by atoms with E-state index in [0.717, 1.165) is 60.4 Å². The number of anilines is 4. The predicted octanol–water partition coefficient (Wildman–Crippen LogP) is 4.04. The van der Waals surface area contributed by atoms with Crippen LogP contribution in [0.1, 0.15) is 0 Å². The summed E-state index contributed by atoms with van der Waals surface area (Å²) in [7, 11) is 4.09. The molecule has 0 amide bonds. The van der Waals surface area contributed by atoms with Crippen LogP contribution in [0.4, 0.5) is 22.9 Å². The van der Waals surface area contributed by atoms with Crippen LogP contribution in [-0.4, -0.2) is 54.8 Å². The minimum absolute atomic E-state index is 0.733. The highest BCUT2D eigenvalue weighted by Gasteiger charge is 2.13. The van der Waals surface area contributed by atoms with Gasteiger partial charge in [-0.1, -0.05) is 12.1 Å². The number of imidazole rings is 1. The highest BCUT2D eigenvalue weighted by Crippen LogP contribution is 2.28. The number of aromatic nitrogens is 3. The van der Waals surface area contributed by atoms with Crippen molar-refractivity contribution in [1.82, 2.24) is 14.4 Å². The maximum atomic E-state index is 5.44. The van der Waals surface area contributed by atoms with Gasteiger partial charge in [-0.25, -0.2) is 9.97 Å². The summed E-state index contributed by atoms with van der Waals surface area (Å²) in [6, 6.07) is 16.9. The van der Waals surface area contributed by atoms with Crippen LogP contribution in [0.2, 0.25) is 0 Å². The fourth-order valence-corrected chi connectivity index (χ4v) is 3.88. The van der Waals surface area contributed by atoms with E-state index in [0.29, 0.717) is 0 Å². The standard InChI is InChI=1S/C24H26N6O/c1-28(2)21-5-3-4-18(16-21)22-17-26-23(24-25-10-11-30(22)24)27-19-6-8-20(9-7-19)29-12-14-31-15-13-29/h3-11,16-17H,12-15H2,1-2H3,(H,26,27). The van der Waals surface area contributed by atoms with Crippen LogP contribution in [-0.2, 0) is 4.74 Å². The summed E-state index contributed by atoms with van der Waals surface area (Å²) in [5.41, 5.74) is 6.24. The minimum atomic E-state index is 0.733. The summed E-state index contributed by atoms with van der Waals surface area (Å²) in [6.07, 6.45) is 5.68. The van der Waals surface area contributed by atoms with E-state index in [-0.39, 0.29) is 0 Å². The molecule has 0 saturated carbocycles. The van der Waals surface area contributed by atoms with Gasteiger partial charge < -0.3 is 19.9 Å². The third-order valence-electron chi connectivity index (χ3n) is 5.59. The van der Waals surface area contributed by atoms with Gasteiger partial charge in [-0.15, -0.1) is 0 Å². The number of nitrogens with zero attached hydrogens (tertiary/aromatic N) is 5. The van der Waals surface area contributed by atoms with E-state index < -0.39 is 0 Å². The largest absolute Gasteiger partial charge is 0.378 e. The summed E-state index contributed by atoms with van der Waals surface area (Å²) in [5.74, 6) is 0.733. The van der Waals surface area contributed by atoms with E-state index in [4.69, 9.17) is 9.72 Å². The van der Waals surface area contributed by atoms with Crippen molar-refractivity contribution >= 4 is 28.5 Å². The number of hydrogen-bond donors (Lipinski definition) is 1. The van der Waals surface area contributed by atoms with E-state index in [2.05, 4.69) is 73.0 Å². The third-order valence-corrected chi connectivity index (χ3v) is 5.59. The molecule has 1 aliphatic heterocycles. The first-order chi connectivity index (χ1) is 15.2. The molecular weight excluding hydrogens is 388 g/mol. The number of ether oxygens (including phenoxy) is 1. The number of morpholine rings is 1. The van der Waals surface area contributed by atoms with Gasteiger partial charge >= 0.3 is 0 Å². The molecule has 2 aromatic carbocycles. The van der Waals surface area contributed by atoms with Crippen molar-refractivity contribution in [1.29, 1.82) is 0 Å². The van der Waals surface area contributed by atoms with Crippen LogP contribution in [0.3, 0.4) is 0 Å². The summed E-state index contributed by atoms with van der Waals surface area (Å²) in [6.45, 7) is 3.43. The van der Waals surface area contributed by atoms with E-state index in [1.165, 1.54) is 5.69 Å². The Kier molecular flexibility index (Phi) is 5.18. The number of rotatable bonds is 5. The Hall–Kier alpha value is -3.58. The van der Waals surface area contributed by atoms with E-state index in [1.54, 1.807) is 0 Å². The summed E-state index contributed by atoms with van der Waals surface area (Å²) < 4.78 is 7.52. The Balaban J connectivity index is 1.42. The fraction of sp³-hybridized carbons (Fsp3) is 0.250. The first-order valence-corrected chi connectivity index (χ1v) is 10.5. The first kappa shape index (κ1) is 19.4. The zero-order valence-corrected chi connectivity index (χ0v) is 17.8. The molecule has 31 heavy (non-hydrogen) atoms. The monoisotopic (exact) mass is 414 g/mol. The van der Waals surface area contributed by atoms with Crippen LogP contribution in [0.25, 0.3) is 16.9 Å². The molecular formula is C24H26N6O. The van der Waals surface area contributed by atoms with Crippen molar-refractivity contribution in [2.45, 2.75) is 0 Å². The zero-order valence-electron chi connectivity index (χ0n) is 17.8. The molecule has 0 unspecified atom stereocenters. The Morgan fingerprint density at radius 3 is 2.58 bits per heavy atom. The molecule has 1 fully saturated rings. The number of fused-ring (bicyclic) bond motifs is 1. The van der Waals surface area contributed by atoms with E-state index >= 15 is 0 Å². The topological polar surface area (TPSA) is 57.9 Å². The molecule has 1 N–H and O–H groups in total. The van der Waals surface area contributed by atoms with Gasteiger partial charge in [0.2, 0.25) is 0 Å². The summed E-state index contributed by atoms with van der Waals surface area (Å²) in [4.78, 5) is 13.7. The van der Waals surface area contributed by atoms with Crippen LogP contribution in [0, 0.1) is 0 Å². The maximum Gasteiger partial charge on any atom is 0.180 e. The molecule has 158 valence electrons. The quantitative estimate of drug-likeness (QED) is 0.532. The molecule has 5 rings (SSSR count). The third kappa shape index (κ3) is 3.92. The second kappa shape index (κ2) is 8.28. The van der Waals surface area contributed by atoms with Crippen LogP contribution >= 0.6 is 0 Å². The molecule has 1 saturated heterocycles.